The minimum absolute atomic E-state index is 0.00797. The highest BCUT2D eigenvalue weighted by atomic mass is 35.5. The van der Waals surface area contributed by atoms with E-state index in [4.69, 9.17) is 17.3 Å². The maximum absolute atomic E-state index is 12.5. The Kier molecular flexibility index (Phi) is 3.88. The third-order valence-electron chi connectivity index (χ3n) is 4.14. The van der Waals surface area contributed by atoms with Gasteiger partial charge in [-0.3, -0.25) is 4.79 Å². The molecule has 1 saturated carbocycles. The molecule has 1 fully saturated rings. The largest absolute Gasteiger partial charge is 0.337 e. The lowest BCUT2D eigenvalue weighted by atomic mass is 9.94. The van der Waals surface area contributed by atoms with Crippen molar-refractivity contribution in [2.45, 2.75) is 38.3 Å². The number of carbonyl (C=O) groups is 1. The van der Waals surface area contributed by atoms with Crippen molar-refractivity contribution < 1.29 is 4.79 Å². The number of nitrogens with two attached hydrogens (primary N) is 1. The Morgan fingerprint density at radius 3 is 2.42 bits per heavy atom. The Labute approximate surface area is 119 Å². The van der Waals surface area contributed by atoms with Gasteiger partial charge < -0.3 is 10.6 Å². The number of carbonyl (C=O) groups excluding carboxylic acids is 1. The Hall–Kier alpha value is -1.06. The van der Waals surface area contributed by atoms with Crippen LogP contribution >= 0.6 is 11.6 Å². The van der Waals surface area contributed by atoms with Crippen molar-refractivity contribution in [3.05, 3.63) is 34.9 Å². The Morgan fingerprint density at radius 2 is 1.95 bits per heavy atom. The number of halogens is 1. The van der Waals surface area contributed by atoms with Crippen LogP contribution in [0.2, 0.25) is 5.02 Å². The zero-order valence-electron chi connectivity index (χ0n) is 11.7. The molecule has 0 spiro atoms. The lowest BCUT2D eigenvalue weighted by molar-refractivity contribution is -0.137. The molecule has 2 unspecified atom stereocenters. The van der Waals surface area contributed by atoms with Gasteiger partial charge in [-0.1, -0.05) is 23.7 Å². The van der Waals surface area contributed by atoms with E-state index in [9.17, 15) is 4.79 Å². The molecular weight excluding hydrogens is 260 g/mol. The second-order valence-electron chi connectivity index (χ2n) is 5.70. The first-order chi connectivity index (χ1) is 8.84. The van der Waals surface area contributed by atoms with Crippen LogP contribution in [0.3, 0.4) is 0 Å². The van der Waals surface area contributed by atoms with E-state index in [0.29, 0.717) is 10.9 Å². The quantitative estimate of drug-likeness (QED) is 0.922. The summed E-state index contributed by atoms with van der Waals surface area (Å²) in [6.07, 6.45) is 2.11. The summed E-state index contributed by atoms with van der Waals surface area (Å²) in [4.78, 5) is 14.2. The van der Waals surface area contributed by atoms with Gasteiger partial charge in [0.25, 0.3) is 0 Å². The predicted octanol–water partition coefficient (Wildman–Crippen LogP) is 2.99. The molecule has 1 aromatic rings. The van der Waals surface area contributed by atoms with Crippen molar-refractivity contribution in [2.75, 3.05) is 7.05 Å². The van der Waals surface area contributed by atoms with Gasteiger partial charge in [-0.05, 0) is 50.3 Å². The van der Waals surface area contributed by atoms with Crippen LogP contribution in [0.1, 0.15) is 38.3 Å². The Morgan fingerprint density at radius 1 is 1.42 bits per heavy atom. The average molecular weight is 281 g/mol. The van der Waals surface area contributed by atoms with E-state index in [1.165, 1.54) is 0 Å². The molecule has 4 heteroatoms. The van der Waals surface area contributed by atoms with Gasteiger partial charge in [-0.15, -0.1) is 0 Å². The van der Waals surface area contributed by atoms with Crippen molar-refractivity contribution >= 4 is 17.5 Å². The van der Waals surface area contributed by atoms with Gasteiger partial charge in [0.15, 0.2) is 0 Å². The number of rotatable bonds is 4. The van der Waals surface area contributed by atoms with Crippen molar-refractivity contribution in [3.8, 4) is 0 Å². The molecule has 1 amide bonds. The van der Waals surface area contributed by atoms with Crippen LogP contribution in [0.15, 0.2) is 24.3 Å². The number of hydrogen-bond donors (Lipinski definition) is 1. The van der Waals surface area contributed by atoms with Crippen LogP contribution in [-0.2, 0) is 4.79 Å². The molecular formula is C15H21ClN2O. The standard InChI is InChI=1S/C15H21ClN2O/c1-10(11-4-8-13(16)9-5-11)18(3)14(19)15(2,17)12-6-7-12/h4-5,8-10,12H,6-7,17H2,1-3H3. The van der Waals surface area contributed by atoms with Crippen molar-refractivity contribution in [2.24, 2.45) is 11.7 Å². The fraction of sp³-hybridized carbons (Fsp3) is 0.533. The second-order valence-corrected chi connectivity index (χ2v) is 6.14. The minimum atomic E-state index is -0.741. The molecule has 3 nitrogen and oxygen atoms in total. The van der Waals surface area contributed by atoms with E-state index < -0.39 is 5.54 Å². The summed E-state index contributed by atoms with van der Waals surface area (Å²) >= 11 is 5.88. The van der Waals surface area contributed by atoms with E-state index in [-0.39, 0.29) is 11.9 Å². The van der Waals surface area contributed by atoms with Gasteiger partial charge in [0.2, 0.25) is 5.91 Å². The summed E-state index contributed by atoms with van der Waals surface area (Å²) in [5, 5.41) is 0.701. The fourth-order valence-electron chi connectivity index (χ4n) is 2.38. The molecule has 0 radical (unpaired) electrons. The Bertz CT molecular complexity index is 466. The first kappa shape index (κ1) is 14.4. The smallest absolute Gasteiger partial charge is 0.242 e. The number of hydrogen-bond acceptors (Lipinski definition) is 2. The van der Waals surface area contributed by atoms with Crippen molar-refractivity contribution in [1.82, 2.24) is 4.90 Å². The van der Waals surface area contributed by atoms with Crippen LogP contribution < -0.4 is 5.73 Å². The van der Waals surface area contributed by atoms with Crippen LogP contribution in [0, 0.1) is 5.92 Å². The summed E-state index contributed by atoms with van der Waals surface area (Å²) in [7, 11) is 1.81. The molecule has 0 saturated heterocycles. The summed E-state index contributed by atoms with van der Waals surface area (Å²) in [5.74, 6) is 0.345. The molecule has 104 valence electrons. The van der Waals surface area contributed by atoms with Gasteiger partial charge >= 0.3 is 0 Å². The molecule has 0 aliphatic heterocycles. The first-order valence-electron chi connectivity index (χ1n) is 6.65. The SMILES string of the molecule is CC(c1ccc(Cl)cc1)N(C)C(=O)C(C)(N)C1CC1. The molecule has 0 bridgehead atoms. The normalized spacial score (nSPS) is 19.6. The van der Waals surface area contributed by atoms with Gasteiger partial charge in [0, 0.05) is 12.1 Å². The van der Waals surface area contributed by atoms with Crippen LogP contribution in [0.25, 0.3) is 0 Å². The van der Waals surface area contributed by atoms with Gasteiger partial charge in [0.05, 0.1) is 11.6 Å². The van der Waals surface area contributed by atoms with E-state index in [2.05, 4.69) is 0 Å². The molecule has 0 heterocycles. The average Bonchev–Trinajstić information content (AvgIpc) is 3.21. The number of amides is 1. The monoisotopic (exact) mass is 280 g/mol. The third kappa shape index (κ3) is 2.93. The molecule has 2 atom stereocenters. The van der Waals surface area contributed by atoms with E-state index in [1.807, 2.05) is 45.2 Å². The zero-order chi connectivity index (χ0) is 14.2. The molecule has 0 aromatic heterocycles. The lowest BCUT2D eigenvalue weighted by Crippen LogP contribution is -2.54. The molecule has 19 heavy (non-hydrogen) atoms. The Balaban J connectivity index is 2.12. The van der Waals surface area contributed by atoms with E-state index in [0.717, 1.165) is 18.4 Å². The van der Waals surface area contributed by atoms with Gasteiger partial charge in [-0.25, -0.2) is 0 Å². The van der Waals surface area contributed by atoms with E-state index in [1.54, 1.807) is 4.90 Å². The van der Waals surface area contributed by atoms with Gasteiger partial charge in [0.1, 0.15) is 0 Å². The second kappa shape index (κ2) is 5.14. The van der Waals surface area contributed by atoms with E-state index >= 15 is 0 Å². The molecule has 1 aliphatic rings. The number of benzene rings is 1. The summed E-state index contributed by atoms with van der Waals surface area (Å²) in [6, 6.07) is 7.57. The summed E-state index contributed by atoms with van der Waals surface area (Å²) < 4.78 is 0. The fourth-order valence-corrected chi connectivity index (χ4v) is 2.50. The first-order valence-corrected chi connectivity index (χ1v) is 7.03. The molecule has 1 aromatic carbocycles. The summed E-state index contributed by atoms with van der Waals surface area (Å²) in [5.41, 5.74) is 6.52. The van der Waals surface area contributed by atoms with Crippen LogP contribution in [0.5, 0.6) is 0 Å². The highest BCUT2D eigenvalue weighted by Crippen LogP contribution is 2.39. The number of likely N-dealkylation sites (N-methyl/N-ethyl adjacent to an activating group) is 1. The van der Waals surface area contributed by atoms with Crippen molar-refractivity contribution in [3.63, 3.8) is 0 Å². The highest BCUT2D eigenvalue weighted by molar-refractivity contribution is 6.30. The zero-order valence-corrected chi connectivity index (χ0v) is 12.4. The maximum Gasteiger partial charge on any atom is 0.242 e. The van der Waals surface area contributed by atoms with Crippen LogP contribution in [0.4, 0.5) is 0 Å². The molecule has 1 aliphatic carbocycles. The third-order valence-corrected chi connectivity index (χ3v) is 4.39. The van der Waals surface area contributed by atoms with Crippen LogP contribution in [-0.4, -0.2) is 23.4 Å². The maximum atomic E-state index is 12.5. The summed E-state index contributed by atoms with van der Waals surface area (Å²) in [6.45, 7) is 3.85. The predicted molar refractivity (Wildman–Crippen MR) is 78.0 cm³/mol. The van der Waals surface area contributed by atoms with Gasteiger partial charge in [-0.2, -0.15) is 0 Å². The molecule has 2 rings (SSSR count). The number of nitrogens with zero attached hydrogens (tertiary/aromatic N) is 1. The highest BCUT2D eigenvalue weighted by Gasteiger charge is 2.45. The van der Waals surface area contributed by atoms with Crippen molar-refractivity contribution in [1.29, 1.82) is 0 Å². The minimum Gasteiger partial charge on any atom is -0.337 e. The molecule has 2 N–H and O–H groups in total. The lowest BCUT2D eigenvalue weighted by Gasteiger charge is -2.33. The topological polar surface area (TPSA) is 46.3 Å².